The fraction of sp³-hybridized carbons (Fsp3) is 0.0714. The minimum absolute atomic E-state index is 0.109. The average Bonchev–Trinajstić information content (AvgIpc) is 2.42. The highest BCUT2D eigenvalue weighted by Gasteiger charge is 2.08. The Kier molecular flexibility index (Phi) is 3.56. The number of aromatic hydroxyl groups is 1. The zero-order valence-corrected chi connectivity index (χ0v) is 10.4. The molecule has 0 aromatic heterocycles. The van der Waals surface area contributed by atoms with Gasteiger partial charge in [0.25, 0.3) is 5.91 Å². The van der Waals surface area contributed by atoms with E-state index in [0.717, 1.165) is 0 Å². The topological polar surface area (TPSA) is 84.6 Å². The van der Waals surface area contributed by atoms with Gasteiger partial charge in [-0.25, -0.2) is 0 Å². The first-order valence-electron chi connectivity index (χ1n) is 5.64. The number of benzene rings is 2. The number of phenols is 1. The van der Waals surface area contributed by atoms with Crippen molar-refractivity contribution in [1.82, 2.24) is 0 Å². The number of carbonyl (C=O) groups is 1. The minimum atomic E-state index is -0.319. The van der Waals surface area contributed by atoms with Crippen LogP contribution in [0.2, 0.25) is 0 Å². The first-order chi connectivity index (χ1) is 9.10. The van der Waals surface area contributed by atoms with E-state index >= 15 is 0 Å². The molecule has 2 rings (SSSR count). The molecule has 0 fully saturated rings. The summed E-state index contributed by atoms with van der Waals surface area (Å²) in [6.45, 7) is 0. The van der Waals surface area contributed by atoms with E-state index in [0.29, 0.717) is 17.0 Å². The van der Waals surface area contributed by atoms with Crippen molar-refractivity contribution in [3.8, 4) is 11.5 Å². The Balaban J connectivity index is 2.13. The normalized spacial score (nSPS) is 9.95. The van der Waals surface area contributed by atoms with Gasteiger partial charge in [-0.1, -0.05) is 0 Å². The van der Waals surface area contributed by atoms with E-state index < -0.39 is 0 Å². The first-order valence-corrected chi connectivity index (χ1v) is 5.64. The van der Waals surface area contributed by atoms with Crippen LogP contribution in [0.3, 0.4) is 0 Å². The summed E-state index contributed by atoms with van der Waals surface area (Å²) >= 11 is 0. The lowest BCUT2D eigenvalue weighted by atomic mass is 10.1. The monoisotopic (exact) mass is 258 g/mol. The summed E-state index contributed by atoms with van der Waals surface area (Å²) in [6, 6.07) is 11.3. The highest BCUT2D eigenvalue weighted by atomic mass is 16.5. The molecular weight excluding hydrogens is 244 g/mol. The molecule has 0 aliphatic heterocycles. The van der Waals surface area contributed by atoms with Gasteiger partial charge in [0.15, 0.2) is 0 Å². The maximum atomic E-state index is 11.9. The summed E-state index contributed by atoms with van der Waals surface area (Å²) in [7, 11) is 1.57. The lowest BCUT2D eigenvalue weighted by molar-refractivity contribution is 0.102. The van der Waals surface area contributed by atoms with E-state index in [1.807, 2.05) is 0 Å². The molecular formula is C14H14N2O3. The first kappa shape index (κ1) is 12.8. The number of methoxy groups -OCH3 is 1. The number of hydrogen-bond acceptors (Lipinski definition) is 4. The van der Waals surface area contributed by atoms with Crippen molar-refractivity contribution in [3.05, 3.63) is 48.0 Å². The van der Waals surface area contributed by atoms with Crippen LogP contribution in [0.4, 0.5) is 11.4 Å². The third kappa shape index (κ3) is 2.95. The predicted octanol–water partition coefficient (Wildman–Crippen LogP) is 2.24. The molecule has 19 heavy (non-hydrogen) atoms. The largest absolute Gasteiger partial charge is 0.506 e. The Morgan fingerprint density at radius 2 is 1.89 bits per heavy atom. The minimum Gasteiger partial charge on any atom is -0.506 e. The highest BCUT2D eigenvalue weighted by Crippen LogP contribution is 2.22. The van der Waals surface area contributed by atoms with Gasteiger partial charge in [-0.3, -0.25) is 4.79 Å². The summed E-state index contributed by atoms with van der Waals surface area (Å²) in [5.74, 6) is 0.283. The Morgan fingerprint density at radius 3 is 2.47 bits per heavy atom. The third-order valence-corrected chi connectivity index (χ3v) is 2.64. The molecule has 0 atom stereocenters. The van der Waals surface area contributed by atoms with Crippen molar-refractivity contribution in [1.29, 1.82) is 0 Å². The number of ether oxygens (including phenoxy) is 1. The van der Waals surface area contributed by atoms with E-state index in [1.54, 1.807) is 37.4 Å². The lowest BCUT2D eigenvalue weighted by Crippen LogP contribution is -2.11. The van der Waals surface area contributed by atoms with E-state index in [4.69, 9.17) is 10.5 Å². The van der Waals surface area contributed by atoms with Gasteiger partial charge in [-0.05, 0) is 42.5 Å². The zero-order valence-electron chi connectivity index (χ0n) is 10.4. The second-order valence-electron chi connectivity index (χ2n) is 3.96. The van der Waals surface area contributed by atoms with Crippen LogP contribution in [-0.2, 0) is 0 Å². The maximum Gasteiger partial charge on any atom is 0.255 e. The second kappa shape index (κ2) is 5.30. The molecule has 5 nitrogen and oxygen atoms in total. The summed E-state index contributed by atoms with van der Waals surface area (Å²) in [4.78, 5) is 11.9. The molecule has 0 radical (unpaired) electrons. The van der Waals surface area contributed by atoms with Crippen LogP contribution in [0.15, 0.2) is 42.5 Å². The van der Waals surface area contributed by atoms with Crippen molar-refractivity contribution in [2.24, 2.45) is 0 Å². The number of carbonyl (C=O) groups excluding carboxylic acids is 1. The van der Waals surface area contributed by atoms with E-state index in [-0.39, 0.29) is 17.3 Å². The number of rotatable bonds is 3. The van der Waals surface area contributed by atoms with Crippen molar-refractivity contribution >= 4 is 17.3 Å². The molecule has 0 saturated carbocycles. The van der Waals surface area contributed by atoms with Crippen LogP contribution < -0.4 is 15.8 Å². The van der Waals surface area contributed by atoms with Gasteiger partial charge < -0.3 is 20.9 Å². The average molecular weight is 258 g/mol. The molecule has 98 valence electrons. The van der Waals surface area contributed by atoms with Crippen LogP contribution in [0.25, 0.3) is 0 Å². The van der Waals surface area contributed by atoms with Crippen LogP contribution in [-0.4, -0.2) is 18.1 Å². The standard InChI is InChI=1S/C14H14N2O3/c1-19-11-5-3-10(4-6-11)16-14(18)9-2-7-12(15)13(17)8-9/h2-8,17H,15H2,1H3,(H,16,18). The number of hydrogen-bond donors (Lipinski definition) is 3. The molecule has 0 aliphatic carbocycles. The number of nitrogens with one attached hydrogen (secondary N) is 1. The third-order valence-electron chi connectivity index (χ3n) is 2.64. The number of phenolic OH excluding ortho intramolecular Hbond substituents is 1. The Labute approximate surface area is 110 Å². The molecule has 0 saturated heterocycles. The smallest absolute Gasteiger partial charge is 0.255 e. The molecule has 4 N–H and O–H groups in total. The molecule has 2 aromatic carbocycles. The zero-order chi connectivity index (χ0) is 13.8. The van der Waals surface area contributed by atoms with Gasteiger partial charge in [0.05, 0.1) is 12.8 Å². The van der Waals surface area contributed by atoms with Gasteiger partial charge in [0, 0.05) is 11.3 Å². The number of anilines is 2. The quantitative estimate of drug-likeness (QED) is 0.582. The lowest BCUT2D eigenvalue weighted by Gasteiger charge is -2.07. The van der Waals surface area contributed by atoms with Gasteiger partial charge in [-0.15, -0.1) is 0 Å². The fourth-order valence-electron chi connectivity index (χ4n) is 1.56. The van der Waals surface area contributed by atoms with E-state index in [9.17, 15) is 9.90 Å². The Bertz CT molecular complexity index is 594. The molecule has 0 heterocycles. The van der Waals surface area contributed by atoms with E-state index in [2.05, 4.69) is 5.32 Å². The molecule has 2 aromatic rings. The van der Waals surface area contributed by atoms with Gasteiger partial charge in [0.1, 0.15) is 11.5 Å². The van der Waals surface area contributed by atoms with Crippen molar-refractivity contribution in [2.75, 3.05) is 18.2 Å². The van der Waals surface area contributed by atoms with Crippen molar-refractivity contribution < 1.29 is 14.6 Å². The van der Waals surface area contributed by atoms with Crippen LogP contribution in [0, 0.1) is 0 Å². The van der Waals surface area contributed by atoms with Gasteiger partial charge in [-0.2, -0.15) is 0 Å². The van der Waals surface area contributed by atoms with Crippen LogP contribution >= 0.6 is 0 Å². The number of amides is 1. The van der Waals surface area contributed by atoms with E-state index in [1.165, 1.54) is 12.1 Å². The maximum absolute atomic E-state index is 11.9. The summed E-state index contributed by atoms with van der Waals surface area (Å²) in [6.07, 6.45) is 0. The molecule has 0 spiro atoms. The molecule has 0 unspecified atom stereocenters. The summed E-state index contributed by atoms with van der Waals surface area (Å²) < 4.78 is 5.03. The highest BCUT2D eigenvalue weighted by molar-refractivity contribution is 6.04. The van der Waals surface area contributed by atoms with Crippen molar-refractivity contribution in [2.45, 2.75) is 0 Å². The molecule has 1 amide bonds. The fourth-order valence-corrected chi connectivity index (χ4v) is 1.56. The number of nitrogens with two attached hydrogens (primary N) is 1. The van der Waals surface area contributed by atoms with Crippen molar-refractivity contribution in [3.63, 3.8) is 0 Å². The van der Waals surface area contributed by atoms with Gasteiger partial charge in [0.2, 0.25) is 0 Å². The van der Waals surface area contributed by atoms with Crippen LogP contribution in [0.5, 0.6) is 11.5 Å². The molecule has 0 aliphatic rings. The Morgan fingerprint density at radius 1 is 1.21 bits per heavy atom. The number of nitrogen functional groups attached to an aromatic ring is 1. The molecule has 5 heteroatoms. The Hall–Kier alpha value is -2.69. The second-order valence-corrected chi connectivity index (χ2v) is 3.96. The van der Waals surface area contributed by atoms with Crippen LogP contribution in [0.1, 0.15) is 10.4 Å². The SMILES string of the molecule is COc1ccc(NC(=O)c2ccc(N)c(O)c2)cc1. The summed E-state index contributed by atoms with van der Waals surface area (Å²) in [5, 5.41) is 12.2. The molecule has 0 bridgehead atoms. The summed E-state index contributed by atoms with van der Waals surface area (Å²) in [5.41, 5.74) is 6.69. The van der Waals surface area contributed by atoms with Gasteiger partial charge >= 0.3 is 0 Å². The predicted molar refractivity (Wildman–Crippen MR) is 73.5 cm³/mol.